The fourth-order valence-corrected chi connectivity index (χ4v) is 5.26. The molecule has 0 aromatic carbocycles. The van der Waals surface area contributed by atoms with Crippen molar-refractivity contribution >= 4 is 5.78 Å². The van der Waals surface area contributed by atoms with Crippen molar-refractivity contribution < 1.29 is 4.79 Å². The van der Waals surface area contributed by atoms with Gasteiger partial charge in [0.15, 0.2) is 5.78 Å². The summed E-state index contributed by atoms with van der Waals surface area (Å²) in [5, 5.41) is 0. The van der Waals surface area contributed by atoms with Gasteiger partial charge in [0.25, 0.3) is 0 Å². The molecule has 0 aliphatic heterocycles. The predicted octanol–water partition coefficient (Wildman–Crippen LogP) is 4.60. The zero-order valence-electron chi connectivity index (χ0n) is 12.6. The quantitative estimate of drug-likeness (QED) is 0.627. The summed E-state index contributed by atoms with van der Waals surface area (Å²) in [6.07, 6.45) is 13.7. The molecule has 3 unspecified atom stereocenters. The number of ketones is 1. The standard InChI is InChI=1S/C19H24O/c1-12-3-8-18-17-6-4-13-11-14(20)5-7-15(13)16(17)9-10-19(12,18)2/h9-12,17-18H,3-8H2,1-2H3/t12?,17?,18?,19-/m1/s1. The summed E-state index contributed by atoms with van der Waals surface area (Å²) in [5.74, 6) is 2.75. The Balaban J connectivity index is 1.82. The number of fused-ring (bicyclic) bond motifs is 4. The number of hydrogen-bond acceptors (Lipinski definition) is 1. The van der Waals surface area contributed by atoms with Crippen LogP contribution in [0.1, 0.15) is 52.4 Å². The van der Waals surface area contributed by atoms with E-state index in [-0.39, 0.29) is 0 Å². The van der Waals surface area contributed by atoms with Gasteiger partial charge in [0.2, 0.25) is 0 Å². The SMILES string of the molecule is CC1CCC2C3CCC4=CC(=O)CCC4=C3C=C[C@]12C. The Hall–Kier alpha value is -1.11. The van der Waals surface area contributed by atoms with E-state index >= 15 is 0 Å². The molecule has 0 amide bonds. The number of carbonyl (C=O) groups excluding carboxylic acids is 1. The Morgan fingerprint density at radius 1 is 1.15 bits per heavy atom. The summed E-state index contributed by atoms with van der Waals surface area (Å²) in [5.41, 5.74) is 4.89. The van der Waals surface area contributed by atoms with Crippen molar-refractivity contribution in [2.45, 2.75) is 52.4 Å². The maximum atomic E-state index is 11.6. The zero-order valence-corrected chi connectivity index (χ0v) is 12.6. The second-order valence-electron chi connectivity index (χ2n) is 7.50. The second-order valence-corrected chi connectivity index (χ2v) is 7.50. The van der Waals surface area contributed by atoms with Gasteiger partial charge in [-0.1, -0.05) is 26.0 Å². The monoisotopic (exact) mass is 268 g/mol. The summed E-state index contributed by atoms with van der Waals surface area (Å²) in [6.45, 7) is 4.90. The van der Waals surface area contributed by atoms with E-state index in [0.717, 1.165) is 37.0 Å². The fraction of sp³-hybridized carbons (Fsp3) is 0.632. The van der Waals surface area contributed by atoms with Gasteiger partial charge in [-0.25, -0.2) is 0 Å². The van der Waals surface area contributed by atoms with E-state index in [0.29, 0.717) is 11.2 Å². The van der Waals surface area contributed by atoms with Gasteiger partial charge in [-0.2, -0.15) is 0 Å². The van der Waals surface area contributed by atoms with Crippen molar-refractivity contribution in [2.75, 3.05) is 0 Å². The number of carbonyl (C=O) groups is 1. The molecular formula is C19H24O. The summed E-state index contributed by atoms with van der Waals surface area (Å²) in [7, 11) is 0. The molecule has 0 N–H and O–H groups in total. The summed E-state index contributed by atoms with van der Waals surface area (Å²) in [4.78, 5) is 11.6. The average Bonchev–Trinajstić information content (AvgIpc) is 2.74. The molecule has 106 valence electrons. The fourth-order valence-electron chi connectivity index (χ4n) is 5.26. The topological polar surface area (TPSA) is 17.1 Å². The van der Waals surface area contributed by atoms with Crippen molar-refractivity contribution in [3.8, 4) is 0 Å². The van der Waals surface area contributed by atoms with Crippen LogP contribution >= 0.6 is 0 Å². The van der Waals surface area contributed by atoms with Crippen molar-refractivity contribution in [1.82, 2.24) is 0 Å². The highest BCUT2D eigenvalue weighted by Crippen LogP contribution is 2.59. The minimum absolute atomic E-state index is 0.335. The first-order valence-corrected chi connectivity index (χ1v) is 8.25. The molecule has 0 aromatic rings. The third kappa shape index (κ3) is 1.58. The largest absolute Gasteiger partial charge is 0.295 e. The Bertz CT molecular complexity index is 562. The van der Waals surface area contributed by atoms with Gasteiger partial charge in [0, 0.05) is 6.42 Å². The molecule has 0 spiro atoms. The van der Waals surface area contributed by atoms with E-state index in [4.69, 9.17) is 0 Å². The molecule has 0 radical (unpaired) electrons. The predicted molar refractivity (Wildman–Crippen MR) is 81.2 cm³/mol. The third-order valence-electron chi connectivity index (χ3n) is 6.70. The zero-order chi connectivity index (χ0) is 13.9. The first-order chi connectivity index (χ1) is 9.59. The number of rotatable bonds is 0. The van der Waals surface area contributed by atoms with Crippen LogP contribution in [0.4, 0.5) is 0 Å². The van der Waals surface area contributed by atoms with Gasteiger partial charge in [0.1, 0.15) is 0 Å². The molecule has 0 heterocycles. The van der Waals surface area contributed by atoms with Gasteiger partial charge in [-0.3, -0.25) is 4.79 Å². The Morgan fingerprint density at radius 2 is 2.00 bits per heavy atom. The maximum absolute atomic E-state index is 11.6. The van der Waals surface area contributed by atoms with Crippen molar-refractivity contribution in [2.24, 2.45) is 23.2 Å². The maximum Gasteiger partial charge on any atom is 0.156 e. The van der Waals surface area contributed by atoms with Crippen LogP contribution in [-0.2, 0) is 4.79 Å². The molecule has 1 saturated carbocycles. The summed E-state index contributed by atoms with van der Waals surface area (Å²) < 4.78 is 0. The van der Waals surface area contributed by atoms with Crippen LogP contribution in [0.15, 0.2) is 34.9 Å². The molecule has 4 aliphatic carbocycles. The average molecular weight is 268 g/mol. The van der Waals surface area contributed by atoms with Gasteiger partial charge < -0.3 is 0 Å². The van der Waals surface area contributed by atoms with E-state index in [9.17, 15) is 4.79 Å². The Kier molecular flexibility index (Phi) is 2.64. The highest BCUT2D eigenvalue weighted by Gasteiger charge is 2.49. The van der Waals surface area contributed by atoms with E-state index in [1.165, 1.54) is 30.4 Å². The molecule has 4 aliphatic rings. The Labute approximate surface area is 121 Å². The first kappa shape index (κ1) is 12.6. The molecule has 4 rings (SSSR count). The van der Waals surface area contributed by atoms with E-state index in [2.05, 4.69) is 26.0 Å². The molecular weight excluding hydrogens is 244 g/mol. The van der Waals surface area contributed by atoms with Crippen LogP contribution in [0.3, 0.4) is 0 Å². The lowest BCUT2D eigenvalue weighted by Gasteiger charge is -2.45. The Morgan fingerprint density at radius 3 is 2.85 bits per heavy atom. The van der Waals surface area contributed by atoms with Crippen LogP contribution in [0.25, 0.3) is 0 Å². The smallest absolute Gasteiger partial charge is 0.156 e. The van der Waals surface area contributed by atoms with Crippen LogP contribution < -0.4 is 0 Å². The minimum atomic E-state index is 0.335. The van der Waals surface area contributed by atoms with Crippen LogP contribution in [0, 0.1) is 23.2 Å². The van der Waals surface area contributed by atoms with Gasteiger partial charge in [0.05, 0.1) is 0 Å². The summed E-state index contributed by atoms with van der Waals surface area (Å²) in [6, 6.07) is 0. The minimum Gasteiger partial charge on any atom is -0.295 e. The van der Waals surface area contributed by atoms with Gasteiger partial charge >= 0.3 is 0 Å². The third-order valence-corrected chi connectivity index (χ3v) is 6.70. The molecule has 1 heteroatoms. The van der Waals surface area contributed by atoms with Crippen LogP contribution in [-0.4, -0.2) is 5.78 Å². The van der Waals surface area contributed by atoms with E-state index in [1.54, 1.807) is 5.57 Å². The molecule has 0 aromatic heterocycles. The lowest BCUT2D eigenvalue weighted by molar-refractivity contribution is -0.114. The van der Waals surface area contributed by atoms with Crippen LogP contribution in [0.5, 0.6) is 0 Å². The van der Waals surface area contributed by atoms with Crippen molar-refractivity contribution in [3.05, 3.63) is 34.9 Å². The summed E-state index contributed by atoms with van der Waals surface area (Å²) >= 11 is 0. The van der Waals surface area contributed by atoms with Crippen molar-refractivity contribution in [3.63, 3.8) is 0 Å². The second kappa shape index (κ2) is 4.19. The highest BCUT2D eigenvalue weighted by atomic mass is 16.1. The van der Waals surface area contributed by atoms with Crippen LogP contribution in [0.2, 0.25) is 0 Å². The molecule has 1 fully saturated rings. The van der Waals surface area contributed by atoms with E-state index in [1.807, 2.05) is 6.08 Å². The first-order valence-electron chi connectivity index (χ1n) is 8.25. The molecule has 4 atom stereocenters. The molecule has 0 saturated heterocycles. The number of allylic oxidation sites excluding steroid dienone is 6. The molecule has 20 heavy (non-hydrogen) atoms. The van der Waals surface area contributed by atoms with Gasteiger partial charge in [-0.15, -0.1) is 0 Å². The van der Waals surface area contributed by atoms with Crippen molar-refractivity contribution in [1.29, 1.82) is 0 Å². The highest BCUT2D eigenvalue weighted by molar-refractivity contribution is 5.93. The lowest BCUT2D eigenvalue weighted by Crippen LogP contribution is -2.36. The lowest BCUT2D eigenvalue weighted by atomic mass is 9.59. The number of hydrogen-bond donors (Lipinski definition) is 0. The van der Waals surface area contributed by atoms with E-state index < -0.39 is 0 Å². The molecule has 0 bridgehead atoms. The molecule has 1 nitrogen and oxygen atoms in total. The van der Waals surface area contributed by atoms with Gasteiger partial charge in [-0.05, 0) is 78.1 Å². The normalized spacial score (nSPS) is 43.0.